The molecule has 1 aromatic carbocycles. The zero-order valence-corrected chi connectivity index (χ0v) is 15.5. The maximum Gasteiger partial charge on any atom is 0.249 e. The number of carbonyl (C=O) groups is 1. The van der Waals surface area contributed by atoms with E-state index in [9.17, 15) is 22.0 Å². The summed E-state index contributed by atoms with van der Waals surface area (Å²) in [7, 11) is -4.25. The zero-order valence-electron chi connectivity index (χ0n) is 14.7. The number of hydrogen-bond acceptors (Lipinski definition) is 4. The van der Waals surface area contributed by atoms with Crippen LogP contribution in [0.1, 0.15) is 19.8 Å². The monoisotopic (exact) mass is 387 g/mol. The first-order chi connectivity index (χ1) is 12.3. The van der Waals surface area contributed by atoms with Crippen LogP contribution in [0.2, 0.25) is 0 Å². The minimum absolute atomic E-state index is 0.0546. The third kappa shape index (κ3) is 3.60. The molecule has 1 amide bonds. The minimum atomic E-state index is -4.25. The molecule has 6 nitrogen and oxygen atoms in total. The van der Waals surface area contributed by atoms with Crippen molar-refractivity contribution in [1.82, 2.24) is 14.1 Å². The molecule has 2 aliphatic rings. The van der Waals surface area contributed by atoms with Crippen LogP contribution in [0.3, 0.4) is 0 Å². The standard InChI is InChI=1S/C17H23F2N3O3S/c1-13(17(23)21-7-2-3-8-21)20-9-11-22(12-10-20)26(24,25)16-14(18)5-4-6-15(16)19/h4-6,13H,2-3,7-12H2,1H3/t13-/m0/s1. The topological polar surface area (TPSA) is 60.9 Å². The van der Waals surface area contributed by atoms with Crippen LogP contribution in [0.15, 0.2) is 23.1 Å². The summed E-state index contributed by atoms with van der Waals surface area (Å²) in [6.07, 6.45) is 2.03. The lowest BCUT2D eigenvalue weighted by molar-refractivity contribution is -0.135. The number of piperazine rings is 1. The summed E-state index contributed by atoms with van der Waals surface area (Å²) in [4.78, 5) is 15.3. The number of carbonyl (C=O) groups excluding carboxylic acids is 1. The Kier molecular flexibility index (Phi) is 5.59. The van der Waals surface area contributed by atoms with Crippen molar-refractivity contribution < 1.29 is 22.0 Å². The molecule has 0 spiro atoms. The van der Waals surface area contributed by atoms with Gasteiger partial charge in [-0.2, -0.15) is 4.31 Å². The van der Waals surface area contributed by atoms with Crippen molar-refractivity contribution in [1.29, 1.82) is 0 Å². The van der Waals surface area contributed by atoms with Crippen LogP contribution >= 0.6 is 0 Å². The highest BCUT2D eigenvalue weighted by molar-refractivity contribution is 7.89. The normalized spacial score (nSPS) is 21.1. The molecule has 3 rings (SSSR count). The van der Waals surface area contributed by atoms with E-state index in [-0.39, 0.29) is 25.0 Å². The van der Waals surface area contributed by atoms with E-state index in [1.54, 1.807) is 0 Å². The number of rotatable bonds is 4. The Morgan fingerprint density at radius 2 is 1.54 bits per heavy atom. The molecule has 9 heteroatoms. The number of benzene rings is 1. The van der Waals surface area contributed by atoms with Crippen LogP contribution in [-0.4, -0.2) is 73.7 Å². The Bertz CT molecular complexity index is 753. The predicted octanol–water partition coefficient (Wildman–Crippen LogP) is 1.28. The van der Waals surface area contributed by atoms with E-state index in [1.807, 2.05) is 16.7 Å². The lowest BCUT2D eigenvalue weighted by atomic mass is 10.2. The maximum atomic E-state index is 13.9. The van der Waals surface area contributed by atoms with E-state index < -0.39 is 26.6 Å². The second-order valence-corrected chi connectivity index (χ2v) is 8.57. The van der Waals surface area contributed by atoms with Crippen LogP contribution in [0.4, 0.5) is 8.78 Å². The van der Waals surface area contributed by atoms with E-state index in [0.717, 1.165) is 48.4 Å². The summed E-state index contributed by atoms with van der Waals surface area (Å²) >= 11 is 0. The summed E-state index contributed by atoms with van der Waals surface area (Å²) < 4.78 is 54.0. The molecule has 0 N–H and O–H groups in total. The molecule has 0 aliphatic carbocycles. The number of halogens is 2. The molecule has 0 radical (unpaired) electrons. The Labute approximate surface area is 152 Å². The number of nitrogens with zero attached hydrogens (tertiary/aromatic N) is 3. The molecular formula is C17H23F2N3O3S. The summed E-state index contributed by atoms with van der Waals surface area (Å²) in [6.45, 7) is 4.23. The summed E-state index contributed by atoms with van der Waals surface area (Å²) in [6, 6.07) is 2.67. The molecular weight excluding hydrogens is 364 g/mol. The first-order valence-corrected chi connectivity index (χ1v) is 10.2. The van der Waals surface area contributed by atoms with E-state index in [0.29, 0.717) is 13.1 Å². The van der Waals surface area contributed by atoms with Gasteiger partial charge in [0.25, 0.3) is 0 Å². The third-order valence-electron chi connectivity index (χ3n) is 5.11. The van der Waals surface area contributed by atoms with Crippen molar-refractivity contribution >= 4 is 15.9 Å². The van der Waals surface area contributed by atoms with Gasteiger partial charge < -0.3 is 4.90 Å². The lowest BCUT2D eigenvalue weighted by Crippen LogP contribution is -2.55. The molecule has 0 aromatic heterocycles. The van der Waals surface area contributed by atoms with Crippen molar-refractivity contribution in [3.63, 3.8) is 0 Å². The highest BCUT2D eigenvalue weighted by Gasteiger charge is 2.36. The molecule has 2 aliphatic heterocycles. The smallest absolute Gasteiger partial charge is 0.249 e. The van der Waals surface area contributed by atoms with E-state index in [1.165, 1.54) is 0 Å². The third-order valence-corrected chi connectivity index (χ3v) is 7.06. The van der Waals surface area contributed by atoms with Gasteiger partial charge in [0, 0.05) is 39.3 Å². The van der Waals surface area contributed by atoms with Gasteiger partial charge in [-0.25, -0.2) is 17.2 Å². The molecule has 1 aromatic rings. The fraction of sp³-hybridized carbons (Fsp3) is 0.588. The molecule has 2 fully saturated rings. The van der Waals surface area contributed by atoms with Crippen molar-refractivity contribution in [2.24, 2.45) is 0 Å². The first-order valence-electron chi connectivity index (χ1n) is 8.79. The maximum absolute atomic E-state index is 13.9. The average molecular weight is 387 g/mol. The molecule has 0 bridgehead atoms. The molecule has 2 saturated heterocycles. The zero-order chi connectivity index (χ0) is 18.9. The van der Waals surface area contributed by atoms with Crippen molar-refractivity contribution in [3.05, 3.63) is 29.8 Å². The Morgan fingerprint density at radius 3 is 2.08 bits per heavy atom. The number of sulfonamides is 1. The fourth-order valence-corrected chi connectivity index (χ4v) is 5.08. The van der Waals surface area contributed by atoms with Gasteiger partial charge in [0.15, 0.2) is 4.90 Å². The predicted molar refractivity (Wildman–Crippen MR) is 92.0 cm³/mol. The Hall–Kier alpha value is -1.58. The van der Waals surface area contributed by atoms with Gasteiger partial charge in [-0.1, -0.05) is 6.07 Å². The van der Waals surface area contributed by atoms with Crippen LogP contribution < -0.4 is 0 Å². The minimum Gasteiger partial charge on any atom is -0.341 e. The number of hydrogen-bond donors (Lipinski definition) is 0. The van der Waals surface area contributed by atoms with Crippen molar-refractivity contribution in [2.75, 3.05) is 39.3 Å². The average Bonchev–Trinajstić information content (AvgIpc) is 3.15. The summed E-state index contributed by atoms with van der Waals surface area (Å²) in [5.41, 5.74) is 0. The first kappa shape index (κ1) is 19.2. The second-order valence-electron chi connectivity index (χ2n) is 6.70. The van der Waals surface area contributed by atoms with Crippen LogP contribution in [0.5, 0.6) is 0 Å². The quantitative estimate of drug-likeness (QED) is 0.781. The van der Waals surface area contributed by atoms with Crippen LogP contribution in [-0.2, 0) is 14.8 Å². The van der Waals surface area contributed by atoms with Crippen molar-refractivity contribution in [3.8, 4) is 0 Å². The Morgan fingerprint density at radius 1 is 1.00 bits per heavy atom. The molecule has 26 heavy (non-hydrogen) atoms. The Balaban J connectivity index is 1.67. The molecule has 144 valence electrons. The van der Waals surface area contributed by atoms with Crippen LogP contribution in [0.25, 0.3) is 0 Å². The molecule has 1 atom stereocenters. The fourth-order valence-electron chi connectivity index (χ4n) is 3.55. The molecule has 2 heterocycles. The van der Waals surface area contributed by atoms with Gasteiger partial charge in [0.05, 0.1) is 6.04 Å². The summed E-state index contributed by atoms with van der Waals surface area (Å²) in [5, 5.41) is 0. The van der Waals surface area contributed by atoms with Gasteiger partial charge in [0.2, 0.25) is 15.9 Å². The molecule has 0 saturated carbocycles. The second kappa shape index (κ2) is 7.58. The number of amides is 1. The SMILES string of the molecule is C[C@@H](C(=O)N1CCCC1)N1CCN(S(=O)(=O)c2c(F)cccc2F)CC1. The lowest BCUT2D eigenvalue weighted by Gasteiger charge is -2.37. The highest BCUT2D eigenvalue weighted by atomic mass is 32.2. The van der Waals surface area contributed by atoms with Gasteiger partial charge in [0.1, 0.15) is 11.6 Å². The largest absolute Gasteiger partial charge is 0.341 e. The van der Waals surface area contributed by atoms with Gasteiger partial charge >= 0.3 is 0 Å². The molecule has 0 unspecified atom stereocenters. The van der Waals surface area contributed by atoms with Gasteiger partial charge in [-0.05, 0) is 31.9 Å². The van der Waals surface area contributed by atoms with E-state index in [4.69, 9.17) is 0 Å². The van der Waals surface area contributed by atoms with Gasteiger partial charge in [-0.15, -0.1) is 0 Å². The highest BCUT2D eigenvalue weighted by Crippen LogP contribution is 2.24. The van der Waals surface area contributed by atoms with E-state index in [2.05, 4.69) is 0 Å². The van der Waals surface area contributed by atoms with Crippen LogP contribution in [0, 0.1) is 11.6 Å². The number of likely N-dealkylation sites (tertiary alicyclic amines) is 1. The van der Waals surface area contributed by atoms with E-state index >= 15 is 0 Å². The van der Waals surface area contributed by atoms with Gasteiger partial charge in [-0.3, -0.25) is 9.69 Å². The summed E-state index contributed by atoms with van der Waals surface area (Å²) in [5.74, 6) is -2.13. The van der Waals surface area contributed by atoms with Crippen molar-refractivity contribution in [2.45, 2.75) is 30.7 Å².